The molecule has 102 valence electrons. The number of nitrogens with zero attached hydrogens (tertiary/aromatic N) is 1. The first kappa shape index (κ1) is 13.5. The third-order valence-corrected chi connectivity index (χ3v) is 3.36. The molecule has 1 N–H and O–H groups in total. The second kappa shape index (κ2) is 5.82. The Balaban J connectivity index is 1.89. The van der Waals surface area contributed by atoms with Gasteiger partial charge in [-0.3, -0.25) is 9.59 Å². The Morgan fingerprint density at radius 2 is 2.00 bits per heavy atom. The summed E-state index contributed by atoms with van der Waals surface area (Å²) >= 11 is 0. The van der Waals surface area contributed by atoms with Gasteiger partial charge < -0.3 is 10.2 Å². The van der Waals surface area contributed by atoms with Gasteiger partial charge in [-0.1, -0.05) is 6.07 Å². The number of amides is 2. The van der Waals surface area contributed by atoms with Gasteiger partial charge in [-0.2, -0.15) is 0 Å². The van der Waals surface area contributed by atoms with Crippen LogP contribution in [0.4, 0.5) is 4.39 Å². The molecular formula is C14H17FN2O2. The van der Waals surface area contributed by atoms with Crippen LogP contribution in [0.5, 0.6) is 0 Å². The smallest absolute Gasteiger partial charge is 0.251 e. The second-order valence-corrected chi connectivity index (χ2v) is 4.76. The van der Waals surface area contributed by atoms with Crippen LogP contribution in [0.1, 0.15) is 30.1 Å². The van der Waals surface area contributed by atoms with Gasteiger partial charge in [-0.15, -0.1) is 0 Å². The predicted octanol–water partition coefficient (Wildman–Crippen LogP) is 1.57. The number of rotatable bonds is 2. The molecule has 2 rings (SSSR count). The van der Waals surface area contributed by atoms with E-state index in [0.717, 1.165) is 12.8 Å². The maximum atomic E-state index is 13.0. The van der Waals surface area contributed by atoms with Gasteiger partial charge in [0.05, 0.1) is 0 Å². The average molecular weight is 264 g/mol. The molecule has 0 unspecified atom stereocenters. The monoisotopic (exact) mass is 264 g/mol. The van der Waals surface area contributed by atoms with Crippen molar-refractivity contribution in [2.24, 2.45) is 0 Å². The first-order valence-corrected chi connectivity index (χ1v) is 6.38. The molecule has 0 bridgehead atoms. The van der Waals surface area contributed by atoms with Crippen LogP contribution in [0.15, 0.2) is 24.3 Å². The van der Waals surface area contributed by atoms with Crippen LogP contribution in [0.2, 0.25) is 0 Å². The van der Waals surface area contributed by atoms with E-state index in [0.29, 0.717) is 18.7 Å². The Morgan fingerprint density at radius 3 is 2.58 bits per heavy atom. The minimum atomic E-state index is -0.418. The lowest BCUT2D eigenvalue weighted by Crippen LogP contribution is -2.46. The van der Waals surface area contributed by atoms with E-state index < -0.39 is 5.82 Å². The molecule has 0 aliphatic carbocycles. The number of halogens is 1. The van der Waals surface area contributed by atoms with E-state index >= 15 is 0 Å². The molecular weight excluding hydrogens is 247 g/mol. The first-order valence-electron chi connectivity index (χ1n) is 6.38. The van der Waals surface area contributed by atoms with E-state index in [4.69, 9.17) is 0 Å². The molecule has 1 aliphatic rings. The zero-order valence-electron chi connectivity index (χ0n) is 10.9. The summed E-state index contributed by atoms with van der Waals surface area (Å²) in [7, 11) is 0. The zero-order chi connectivity index (χ0) is 13.8. The number of carbonyl (C=O) groups excluding carboxylic acids is 2. The molecule has 1 fully saturated rings. The van der Waals surface area contributed by atoms with Gasteiger partial charge in [-0.25, -0.2) is 4.39 Å². The highest BCUT2D eigenvalue weighted by atomic mass is 19.1. The van der Waals surface area contributed by atoms with E-state index in [-0.39, 0.29) is 17.9 Å². The molecule has 1 aliphatic heterocycles. The van der Waals surface area contributed by atoms with Crippen molar-refractivity contribution >= 4 is 11.8 Å². The summed E-state index contributed by atoms with van der Waals surface area (Å²) in [6.45, 7) is 2.86. The maximum absolute atomic E-state index is 13.0. The highest BCUT2D eigenvalue weighted by Gasteiger charge is 2.22. The third kappa shape index (κ3) is 3.53. The quantitative estimate of drug-likeness (QED) is 0.881. The lowest BCUT2D eigenvalue weighted by molar-refractivity contribution is -0.129. The lowest BCUT2D eigenvalue weighted by Gasteiger charge is -2.31. The van der Waals surface area contributed by atoms with Crippen LogP contribution in [0.25, 0.3) is 0 Å². The number of likely N-dealkylation sites (tertiary alicyclic amines) is 1. The summed E-state index contributed by atoms with van der Waals surface area (Å²) < 4.78 is 13.0. The largest absolute Gasteiger partial charge is 0.349 e. The van der Waals surface area contributed by atoms with Crippen molar-refractivity contribution in [3.8, 4) is 0 Å². The van der Waals surface area contributed by atoms with Crippen molar-refractivity contribution in [1.82, 2.24) is 10.2 Å². The Labute approximate surface area is 111 Å². The molecule has 5 heteroatoms. The van der Waals surface area contributed by atoms with Crippen LogP contribution >= 0.6 is 0 Å². The standard InChI is InChI=1S/C14H17FN2O2/c1-10(18)17-7-5-13(6-8-17)16-14(19)11-3-2-4-12(15)9-11/h2-4,9,13H,5-8H2,1H3,(H,16,19). The van der Waals surface area contributed by atoms with Gasteiger partial charge >= 0.3 is 0 Å². The van der Waals surface area contributed by atoms with E-state index in [1.165, 1.54) is 18.2 Å². The summed E-state index contributed by atoms with van der Waals surface area (Å²) in [5.74, 6) is -0.616. The van der Waals surface area contributed by atoms with Gasteiger partial charge in [0.2, 0.25) is 5.91 Å². The molecule has 0 saturated carbocycles. The topological polar surface area (TPSA) is 49.4 Å². The number of carbonyl (C=O) groups is 2. The van der Waals surface area contributed by atoms with Gasteiger partial charge in [0.1, 0.15) is 5.82 Å². The summed E-state index contributed by atoms with van der Waals surface area (Å²) in [5, 5.41) is 2.88. The SMILES string of the molecule is CC(=O)N1CCC(NC(=O)c2cccc(F)c2)CC1. The van der Waals surface area contributed by atoms with Crippen molar-refractivity contribution in [1.29, 1.82) is 0 Å². The fourth-order valence-corrected chi connectivity index (χ4v) is 2.24. The van der Waals surface area contributed by atoms with Crippen molar-refractivity contribution in [2.45, 2.75) is 25.8 Å². The minimum absolute atomic E-state index is 0.0476. The molecule has 1 aromatic carbocycles. The second-order valence-electron chi connectivity index (χ2n) is 4.76. The van der Waals surface area contributed by atoms with E-state index in [9.17, 15) is 14.0 Å². The Hall–Kier alpha value is -1.91. The molecule has 0 atom stereocenters. The van der Waals surface area contributed by atoms with Crippen LogP contribution in [-0.4, -0.2) is 35.8 Å². The number of piperidine rings is 1. The number of nitrogens with one attached hydrogen (secondary N) is 1. The van der Waals surface area contributed by atoms with Crippen LogP contribution < -0.4 is 5.32 Å². The molecule has 1 heterocycles. The van der Waals surface area contributed by atoms with Gasteiger partial charge in [0, 0.05) is 31.6 Å². The van der Waals surface area contributed by atoms with Crippen LogP contribution in [0.3, 0.4) is 0 Å². The van der Waals surface area contributed by atoms with Crippen molar-refractivity contribution in [3.63, 3.8) is 0 Å². The predicted molar refractivity (Wildman–Crippen MR) is 69.1 cm³/mol. The van der Waals surface area contributed by atoms with Crippen molar-refractivity contribution in [2.75, 3.05) is 13.1 Å². The normalized spacial score (nSPS) is 16.2. The fourth-order valence-electron chi connectivity index (χ4n) is 2.24. The van der Waals surface area contributed by atoms with Crippen LogP contribution in [0, 0.1) is 5.82 Å². The van der Waals surface area contributed by atoms with Gasteiger partial charge in [-0.05, 0) is 31.0 Å². The lowest BCUT2D eigenvalue weighted by atomic mass is 10.0. The Bertz CT molecular complexity index is 482. The molecule has 0 aromatic heterocycles. The molecule has 0 radical (unpaired) electrons. The molecule has 1 aromatic rings. The molecule has 19 heavy (non-hydrogen) atoms. The highest BCUT2D eigenvalue weighted by Crippen LogP contribution is 2.11. The zero-order valence-corrected chi connectivity index (χ0v) is 10.9. The van der Waals surface area contributed by atoms with Gasteiger partial charge in [0.25, 0.3) is 5.91 Å². The average Bonchev–Trinajstić information content (AvgIpc) is 2.39. The van der Waals surface area contributed by atoms with Gasteiger partial charge in [0.15, 0.2) is 0 Å². The van der Waals surface area contributed by atoms with Crippen molar-refractivity contribution in [3.05, 3.63) is 35.6 Å². The summed E-state index contributed by atoms with van der Waals surface area (Å²) in [5.41, 5.74) is 0.328. The number of hydrogen-bond donors (Lipinski definition) is 1. The Kier molecular flexibility index (Phi) is 4.14. The van der Waals surface area contributed by atoms with E-state index in [1.807, 2.05) is 0 Å². The van der Waals surface area contributed by atoms with E-state index in [2.05, 4.69) is 5.32 Å². The molecule has 4 nitrogen and oxygen atoms in total. The minimum Gasteiger partial charge on any atom is -0.349 e. The molecule has 1 saturated heterocycles. The Morgan fingerprint density at radius 1 is 1.32 bits per heavy atom. The van der Waals surface area contributed by atoms with E-state index in [1.54, 1.807) is 17.9 Å². The molecule has 0 spiro atoms. The summed E-state index contributed by atoms with van der Waals surface area (Å²) in [4.78, 5) is 24.9. The van der Waals surface area contributed by atoms with Crippen molar-refractivity contribution < 1.29 is 14.0 Å². The first-order chi connectivity index (χ1) is 9.06. The number of benzene rings is 1. The summed E-state index contributed by atoms with van der Waals surface area (Å²) in [6.07, 6.45) is 1.47. The third-order valence-electron chi connectivity index (χ3n) is 3.36. The fraction of sp³-hybridized carbons (Fsp3) is 0.429. The van der Waals surface area contributed by atoms with Crippen LogP contribution in [-0.2, 0) is 4.79 Å². The number of hydrogen-bond acceptors (Lipinski definition) is 2. The summed E-state index contributed by atoms with van der Waals surface area (Å²) in [6, 6.07) is 5.68. The highest BCUT2D eigenvalue weighted by molar-refractivity contribution is 5.94. The maximum Gasteiger partial charge on any atom is 0.251 e. The molecule has 2 amide bonds.